The van der Waals surface area contributed by atoms with Gasteiger partial charge in [-0.3, -0.25) is 0 Å². The maximum atomic E-state index is 10.2. The van der Waals surface area contributed by atoms with Crippen molar-refractivity contribution in [3.63, 3.8) is 0 Å². The summed E-state index contributed by atoms with van der Waals surface area (Å²) in [5.41, 5.74) is 0.983. The molecule has 0 bridgehead atoms. The summed E-state index contributed by atoms with van der Waals surface area (Å²) in [5, 5.41) is 0.945. The van der Waals surface area contributed by atoms with Crippen molar-refractivity contribution in [1.82, 2.24) is 4.98 Å². The Morgan fingerprint density at radius 2 is 2.17 bits per heavy atom. The van der Waals surface area contributed by atoms with E-state index in [0.717, 1.165) is 10.9 Å². The molecule has 0 amide bonds. The van der Waals surface area contributed by atoms with Crippen LogP contribution in [-0.4, -0.2) is 4.98 Å². The van der Waals surface area contributed by atoms with E-state index in [2.05, 4.69) is 4.98 Å². The van der Waals surface area contributed by atoms with E-state index in [4.69, 9.17) is 4.52 Å². The Morgan fingerprint density at radius 1 is 1.33 bits per heavy atom. The molecule has 0 aliphatic heterocycles. The van der Waals surface area contributed by atoms with Crippen LogP contribution in [0.1, 0.15) is 0 Å². The number of hydrogen-bond donors (Lipinski definition) is 1. The smallest absolute Gasteiger partial charge is 0.395 e. The van der Waals surface area contributed by atoms with E-state index in [0.29, 0.717) is 5.75 Å². The molecule has 0 fully saturated rings. The molecule has 0 spiro atoms. The Hall–Kier alpha value is -1.34. The number of rotatable bonds is 2. The molecule has 2 rings (SSSR count). The van der Waals surface area contributed by atoms with Gasteiger partial charge in [0, 0.05) is 17.1 Å². The quantitative estimate of drug-likeness (QED) is 0.720. The van der Waals surface area contributed by atoms with Crippen LogP contribution in [0.3, 0.4) is 0 Å². The van der Waals surface area contributed by atoms with E-state index < -0.39 is 0 Å². The molecular weight excluding hydrogens is 173 g/mol. The van der Waals surface area contributed by atoms with Gasteiger partial charge in [0.05, 0.1) is 0 Å². The molecule has 1 aromatic heterocycles. The number of nitrogens with one attached hydrogen (secondary N) is 1. The van der Waals surface area contributed by atoms with Gasteiger partial charge in [0.15, 0.2) is 5.75 Å². The van der Waals surface area contributed by atoms with Gasteiger partial charge in [-0.15, -0.1) is 0 Å². The highest BCUT2D eigenvalue weighted by Gasteiger charge is 2.02. The zero-order valence-electron chi connectivity index (χ0n) is 6.15. The van der Waals surface area contributed by atoms with E-state index in [1.165, 1.54) is 0 Å². The van der Waals surface area contributed by atoms with Gasteiger partial charge in [0.1, 0.15) is 0 Å². The van der Waals surface area contributed by atoms with Gasteiger partial charge in [0.25, 0.3) is 0 Å². The Morgan fingerprint density at radius 3 is 3.00 bits per heavy atom. The predicted octanol–water partition coefficient (Wildman–Crippen LogP) is 2.75. The first-order chi connectivity index (χ1) is 5.92. The fourth-order valence-corrected chi connectivity index (χ4v) is 1.39. The minimum absolute atomic E-state index is 0.325. The van der Waals surface area contributed by atoms with Gasteiger partial charge in [-0.2, -0.15) is 0 Å². The first-order valence-electron chi connectivity index (χ1n) is 3.47. The molecule has 0 aliphatic carbocycles. The molecule has 1 N–H and O–H groups in total. The van der Waals surface area contributed by atoms with Gasteiger partial charge in [0.2, 0.25) is 0 Å². The molecule has 60 valence electrons. The van der Waals surface area contributed by atoms with Crippen LogP contribution in [0.5, 0.6) is 5.75 Å². The second-order valence-electron chi connectivity index (χ2n) is 2.36. The summed E-state index contributed by atoms with van der Waals surface area (Å²) in [4.78, 5) is 3.00. The highest BCUT2D eigenvalue weighted by Crippen LogP contribution is 2.26. The third-order valence-electron chi connectivity index (χ3n) is 1.69. The Balaban J connectivity index is 2.62. The maximum absolute atomic E-state index is 10.2. The minimum Gasteiger partial charge on any atom is -0.405 e. The van der Waals surface area contributed by atoms with Gasteiger partial charge in [-0.05, 0) is 12.1 Å². The highest BCUT2D eigenvalue weighted by molar-refractivity contribution is 7.17. The molecule has 0 saturated heterocycles. The van der Waals surface area contributed by atoms with Crippen LogP contribution in [-0.2, 0) is 4.57 Å². The van der Waals surface area contributed by atoms with E-state index in [1.807, 2.05) is 24.3 Å². The lowest BCUT2D eigenvalue weighted by molar-refractivity contribution is 0.527. The van der Waals surface area contributed by atoms with Crippen LogP contribution in [0, 0.1) is 0 Å². The summed E-state index contributed by atoms with van der Waals surface area (Å²) in [6.07, 6.45) is 1.69. The monoisotopic (exact) mass is 179 g/mol. The summed E-state index contributed by atoms with van der Waals surface area (Å²) in [7, 11) is -0.325. The van der Waals surface area contributed by atoms with Crippen molar-refractivity contribution in [1.29, 1.82) is 0 Å². The molecular formula is C8H6NO2P. The number of para-hydroxylation sites is 1. The molecule has 1 aromatic carbocycles. The normalized spacial score (nSPS) is 10.7. The van der Waals surface area contributed by atoms with Crippen LogP contribution in [0.4, 0.5) is 0 Å². The topological polar surface area (TPSA) is 42.1 Å². The average molecular weight is 179 g/mol. The number of H-pyrrole nitrogens is 1. The van der Waals surface area contributed by atoms with E-state index in [1.54, 1.807) is 6.20 Å². The second-order valence-corrected chi connectivity index (χ2v) is 2.70. The van der Waals surface area contributed by atoms with Crippen molar-refractivity contribution in [2.45, 2.75) is 0 Å². The summed E-state index contributed by atoms with van der Waals surface area (Å²) in [6, 6.07) is 7.68. The molecule has 12 heavy (non-hydrogen) atoms. The first-order valence-corrected chi connectivity index (χ1v) is 4.20. The van der Waals surface area contributed by atoms with Crippen molar-refractivity contribution in [2.75, 3.05) is 0 Å². The van der Waals surface area contributed by atoms with Gasteiger partial charge in [-0.25, -0.2) is 4.57 Å². The standard InChI is InChI=1S/C8H6NO2P/c10-12-11-8-5-9-7-4-2-1-3-6(7)8/h1-5,9H. The Bertz CT molecular complexity index is 410. The highest BCUT2D eigenvalue weighted by atomic mass is 31.1. The maximum Gasteiger partial charge on any atom is 0.395 e. The molecule has 1 heterocycles. The number of aromatic amines is 1. The van der Waals surface area contributed by atoms with Crippen LogP contribution >= 0.6 is 8.69 Å². The minimum atomic E-state index is -0.325. The van der Waals surface area contributed by atoms with Gasteiger partial charge in [-0.1, -0.05) is 12.1 Å². The van der Waals surface area contributed by atoms with E-state index >= 15 is 0 Å². The Kier molecular flexibility index (Phi) is 1.80. The predicted molar refractivity (Wildman–Crippen MR) is 46.5 cm³/mol. The Labute approximate surface area is 70.6 Å². The lowest BCUT2D eigenvalue weighted by Crippen LogP contribution is -1.70. The number of aromatic nitrogens is 1. The number of benzene rings is 1. The summed E-state index contributed by atoms with van der Waals surface area (Å²) in [5.74, 6) is 0.613. The molecule has 0 radical (unpaired) electrons. The zero-order valence-corrected chi connectivity index (χ0v) is 7.04. The van der Waals surface area contributed by atoms with Crippen molar-refractivity contribution in [3.8, 4) is 5.75 Å². The molecule has 0 atom stereocenters. The fourth-order valence-electron chi connectivity index (χ4n) is 1.16. The lowest BCUT2D eigenvalue weighted by atomic mass is 10.2. The van der Waals surface area contributed by atoms with Gasteiger partial charge < -0.3 is 9.51 Å². The summed E-state index contributed by atoms with van der Waals surface area (Å²) >= 11 is 0. The largest absolute Gasteiger partial charge is 0.405 e. The van der Waals surface area contributed by atoms with Crippen molar-refractivity contribution >= 4 is 19.6 Å². The SMILES string of the molecule is O=POc1c[nH]c2ccccc12. The molecule has 0 aliphatic rings. The molecule has 2 aromatic rings. The first kappa shape index (κ1) is 7.32. The van der Waals surface area contributed by atoms with Crippen molar-refractivity contribution < 1.29 is 9.09 Å². The van der Waals surface area contributed by atoms with E-state index in [-0.39, 0.29) is 8.69 Å². The number of fused-ring (bicyclic) bond motifs is 1. The number of hydrogen-bond acceptors (Lipinski definition) is 2. The molecule has 0 saturated carbocycles. The molecule has 4 heteroatoms. The van der Waals surface area contributed by atoms with Crippen LogP contribution < -0.4 is 4.52 Å². The molecule has 3 nitrogen and oxygen atoms in total. The third kappa shape index (κ3) is 1.08. The van der Waals surface area contributed by atoms with Crippen LogP contribution in [0.2, 0.25) is 0 Å². The fraction of sp³-hybridized carbons (Fsp3) is 0. The van der Waals surface area contributed by atoms with Crippen molar-refractivity contribution in [2.24, 2.45) is 0 Å². The van der Waals surface area contributed by atoms with Crippen LogP contribution in [0.15, 0.2) is 30.5 Å². The van der Waals surface area contributed by atoms with E-state index in [9.17, 15) is 4.57 Å². The third-order valence-corrected chi connectivity index (χ3v) is 1.96. The summed E-state index contributed by atoms with van der Waals surface area (Å²) < 4.78 is 15.0. The second kappa shape index (κ2) is 2.95. The van der Waals surface area contributed by atoms with Crippen molar-refractivity contribution in [3.05, 3.63) is 30.5 Å². The average Bonchev–Trinajstić information content (AvgIpc) is 2.50. The molecule has 0 unspecified atom stereocenters. The van der Waals surface area contributed by atoms with Crippen LogP contribution in [0.25, 0.3) is 10.9 Å². The van der Waals surface area contributed by atoms with Gasteiger partial charge >= 0.3 is 8.69 Å². The lowest BCUT2D eigenvalue weighted by Gasteiger charge is -1.91. The summed E-state index contributed by atoms with van der Waals surface area (Å²) in [6.45, 7) is 0. The zero-order chi connectivity index (χ0) is 8.39.